The molecule has 3 fully saturated rings. The predicted molar refractivity (Wildman–Crippen MR) is 62.5 cm³/mol. The summed E-state index contributed by atoms with van der Waals surface area (Å²) in [4.78, 5) is 0. The molecular weight excluding hydrogens is 202 g/mol. The van der Waals surface area contributed by atoms with Crippen LogP contribution in [-0.2, 0) is 9.47 Å². The first kappa shape index (κ1) is 11.0. The minimum absolute atomic E-state index is 0.497. The lowest BCUT2D eigenvalue weighted by Crippen LogP contribution is -2.43. The summed E-state index contributed by atoms with van der Waals surface area (Å²) in [7, 11) is 0. The summed E-state index contributed by atoms with van der Waals surface area (Å²) in [5, 5.41) is 3.73. The van der Waals surface area contributed by atoms with Crippen LogP contribution in [0.4, 0.5) is 0 Å². The number of hydrogen-bond donors (Lipinski definition) is 1. The van der Waals surface area contributed by atoms with Crippen LogP contribution in [-0.4, -0.2) is 37.0 Å². The monoisotopic (exact) mass is 225 g/mol. The minimum atomic E-state index is 0.497. The van der Waals surface area contributed by atoms with E-state index in [0.29, 0.717) is 30.4 Å². The van der Waals surface area contributed by atoms with E-state index >= 15 is 0 Å². The fourth-order valence-electron chi connectivity index (χ4n) is 3.47. The normalized spacial score (nSPS) is 44.1. The van der Waals surface area contributed by atoms with Crippen molar-refractivity contribution < 1.29 is 9.47 Å². The molecule has 5 atom stereocenters. The van der Waals surface area contributed by atoms with Gasteiger partial charge in [0.05, 0.1) is 18.3 Å². The standard InChI is InChI=1S/C13H23NO2/c1-9(7-10-3-2-6-15-10)14-12-8-11-4-5-13(12)16-11/h9-14H,2-8H2,1H3. The lowest BCUT2D eigenvalue weighted by Gasteiger charge is -2.26. The Morgan fingerprint density at radius 3 is 2.88 bits per heavy atom. The van der Waals surface area contributed by atoms with Gasteiger partial charge in [-0.25, -0.2) is 0 Å². The van der Waals surface area contributed by atoms with Crippen LogP contribution in [0.2, 0.25) is 0 Å². The largest absolute Gasteiger partial charge is 0.378 e. The number of nitrogens with one attached hydrogen (secondary N) is 1. The Morgan fingerprint density at radius 1 is 1.31 bits per heavy atom. The average molecular weight is 225 g/mol. The smallest absolute Gasteiger partial charge is 0.0733 e. The van der Waals surface area contributed by atoms with E-state index in [2.05, 4.69) is 12.2 Å². The summed E-state index contributed by atoms with van der Waals surface area (Å²) >= 11 is 0. The summed E-state index contributed by atoms with van der Waals surface area (Å²) in [5.41, 5.74) is 0. The SMILES string of the molecule is CC(CC1CCCO1)NC1CC2CCC1O2. The Bertz CT molecular complexity index is 240. The van der Waals surface area contributed by atoms with Crippen LogP contribution in [0.3, 0.4) is 0 Å². The molecule has 5 unspecified atom stereocenters. The van der Waals surface area contributed by atoms with Crippen LogP contribution >= 0.6 is 0 Å². The number of hydrogen-bond acceptors (Lipinski definition) is 3. The van der Waals surface area contributed by atoms with Crippen LogP contribution in [0, 0.1) is 0 Å². The molecule has 0 spiro atoms. The summed E-state index contributed by atoms with van der Waals surface area (Å²) in [6.45, 7) is 3.25. The highest BCUT2D eigenvalue weighted by Gasteiger charge is 2.41. The van der Waals surface area contributed by atoms with E-state index in [1.807, 2.05) is 0 Å². The van der Waals surface area contributed by atoms with Gasteiger partial charge in [-0.05, 0) is 45.4 Å². The van der Waals surface area contributed by atoms with Gasteiger partial charge in [0.2, 0.25) is 0 Å². The Hall–Kier alpha value is -0.120. The van der Waals surface area contributed by atoms with Crippen molar-refractivity contribution in [3.8, 4) is 0 Å². The van der Waals surface area contributed by atoms with Crippen molar-refractivity contribution in [3.63, 3.8) is 0 Å². The molecule has 16 heavy (non-hydrogen) atoms. The third kappa shape index (κ3) is 2.27. The molecule has 0 amide bonds. The van der Waals surface area contributed by atoms with Gasteiger partial charge in [-0.1, -0.05) is 0 Å². The van der Waals surface area contributed by atoms with E-state index in [9.17, 15) is 0 Å². The molecule has 3 rings (SSSR count). The molecular formula is C13H23NO2. The van der Waals surface area contributed by atoms with E-state index < -0.39 is 0 Å². The van der Waals surface area contributed by atoms with Crippen LogP contribution in [0.5, 0.6) is 0 Å². The predicted octanol–water partition coefficient (Wildman–Crippen LogP) is 1.85. The van der Waals surface area contributed by atoms with Crippen molar-refractivity contribution in [2.45, 2.75) is 75.8 Å². The van der Waals surface area contributed by atoms with Crippen LogP contribution in [0.1, 0.15) is 45.4 Å². The first-order chi connectivity index (χ1) is 7.81. The topological polar surface area (TPSA) is 30.5 Å². The lowest BCUT2D eigenvalue weighted by molar-refractivity contribution is 0.0849. The summed E-state index contributed by atoms with van der Waals surface area (Å²) in [6, 6.07) is 1.17. The third-order valence-electron chi connectivity index (χ3n) is 4.25. The van der Waals surface area contributed by atoms with Gasteiger partial charge in [-0.2, -0.15) is 0 Å². The first-order valence-electron chi connectivity index (χ1n) is 6.84. The fourth-order valence-corrected chi connectivity index (χ4v) is 3.47. The van der Waals surface area contributed by atoms with Crippen molar-refractivity contribution in [2.75, 3.05) is 6.61 Å². The minimum Gasteiger partial charge on any atom is -0.378 e. The molecule has 3 heteroatoms. The highest BCUT2D eigenvalue weighted by Crippen LogP contribution is 2.34. The highest BCUT2D eigenvalue weighted by molar-refractivity contribution is 4.95. The van der Waals surface area contributed by atoms with E-state index in [-0.39, 0.29) is 0 Å². The molecule has 92 valence electrons. The van der Waals surface area contributed by atoms with Crippen molar-refractivity contribution >= 4 is 0 Å². The molecule has 3 nitrogen and oxygen atoms in total. The Labute approximate surface area is 97.9 Å². The maximum absolute atomic E-state index is 5.86. The molecule has 1 N–H and O–H groups in total. The maximum atomic E-state index is 5.86. The molecule has 3 heterocycles. The Morgan fingerprint density at radius 2 is 2.25 bits per heavy atom. The van der Waals surface area contributed by atoms with Crippen molar-refractivity contribution in [1.29, 1.82) is 0 Å². The van der Waals surface area contributed by atoms with Gasteiger partial charge < -0.3 is 14.8 Å². The molecule has 0 saturated carbocycles. The van der Waals surface area contributed by atoms with Gasteiger partial charge in [0.25, 0.3) is 0 Å². The van der Waals surface area contributed by atoms with Crippen molar-refractivity contribution in [2.24, 2.45) is 0 Å². The molecule has 3 aliphatic heterocycles. The van der Waals surface area contributed by atoms with Gasteiger partial charge >= 0.3 is 0 Å². The van der Waals surface area contributed by atoms with Crippen LogP contribution in [0.25, 0.3) is 0 Å². The quantitative estimate of drug-likeness (QED) is 0.792. The summed E-state index contributed by atoms with van der Waals surface area (Å²) < 4.78 is 11.5. The zero-order valence-electron chi connectivity index (χ0n) is 10.2. The third-order valence-corrected chi connectivity index (χ3v) is 4.25. The van der Waals surface area contributed by atoms with E-state index in [1.54, 1.807) is 0 Å². The molecule has 0 radical (unpaired) electrons. The summed E-state index contributed by atoms with van der Waals surface area (Å²) in [5.74, 6) is 0. The number of rotatable bonds is 4. The molecule has 0 aromatic rings. The second-order valence-electron chi connectivity index (χ2n) is 5.65. The van der Waals surface area contributed by atoms with Gasteiger partial charge in [0, 0.05) is 18.7 Å². The molecule has 0 aliphatic carbocycles. The second-order valence-corrected chi connectivity index (χ2v) is 5.65. The molecule has 0 aromatic heterocycles. The summed E-state index contributed by atoms with van der Waals surface area (Å²) in [6.07, 6.45) is 8.97. The molecule has 2 bridgehead atoms. The zero-order chi connectivity index (χ0) is 11.0. The van der Waals surface area contributed by atoms with Crippen LogP contribution in [0.15, 0.2) is 0 Å². The lowest BCUT2D eigenvalue weighted by atomic mass is 9.94. The highest BCUT2D eigenvalue weighted by atomic mass is 16.5. The first-order valence-corrected chi connectivity index (χ1v) is 6.84. The van der Waals surface area contributed by atoms with Gasteiger partial charge in [-0.15, -0.1) is 0 Å². The average Bonchev–Trinajstić information content (AvgIpc) is 2.92. The van der Waals surface area contributed by atoms with Crippen molar-refractivity contribution in [1.82, 2.24) is 5.32 Å². The van der Waals surface area contributed by atoms with E-state index in [0.717, 1.165) is 13.0 Å². The second kappa shape index (κ2) is 4.63. The van der Waals surface area contributed by atoms with E-state index in [1.165, 1.54) is 32.1 Å². The maximum Gasteiger partial charge on any atom is 0.0733 e. The van der Waals surface area contributed by atoms with Crippen LogP contribution < -0.4 is 5.32 Å². The Balaban J connectivity index is 1.43. The zero-order valence-corrected chi connectivity index (χ0v) is 10.2. The Kier molecular flexibility index (Phi) is 3.18. The van der Waals surface area contributed by atoms with Gasteiger partial charge in [-0.3, -0.25) is 0 Å². The molecule has 3 aliphatic rings. The fraction of sp³-hybridized carbons (Fsp3) is 1.00. The number of ether oxygens (including phenoxy) is 2. The molecule has 0 aromatic carbocycles. The number of fused-ring (bicyclic) bond motifs is 2. The molecule has 3 saturated heterocycles. The van der Waals surface area contributed by atoms with Gasteiger partial charge in [0.1, 0.15) is 0 Å². The van der Waals surface area contributed by atoms with Gasteiger partial charge in [0.15, 0.2) is 0 Å². The van der Waals surface area contributed by atoms with E-state index in [4.69, 9.17) is 9.47 Å². The van der Waals surface area contributed by atoms with Crippen molar-refractivity contribution in [3.05, 3.63) is 0 Å².